The van der Waals surface area contributed by atoms with E-state index in [2.05, 4.69) is 42.5 Å². The highest BCUT2D eigenvalue weighted by Gasteiger charge is 2.35. The highest BCUT2D eigenvalue weighted by Crippen LogP contribution is 2.42. The van der Waals surface area contributed by atoms with Gasteiger partial charge in [-0.25, -0.2) is 4.79 Å². The Bertz CT molecular complexity index is 466. The maximum Gasteiger partial charge on any atom is 0.341 e. The maximum absolute atomic E-state index is 11.7. The molecule has 4 heteroatoms. The minimum absolute atomic E-state index is 0.0417. The third-order valence-electron chi connectivity index (χ3n) is 3.01. The number of carbonyl (C=O) groups excluding carboxylic acids is 1. The number of halogens is 1. The molecule has 0 saturated heterocycles. The van der Waals surface area contributed by atoms with Gasteiger partial charge < -0.3 is 9.47 Å². The molecule has 0 aromatic heterocycles. The van der Waals surface area contributed by atoms with Gasteiger partial charge in [0, 0.05) is 15.4 Å². The number of ether oxygens (including phenoxy) is 2. The smallest absolute Gasteiger partial charge is 0.341 e. The summed E-state index contributed by atoms with van der Waals surface area (Å²) in [6, 6.07) is 3.99. The van der Waals surface area contributed by atoms with Crippen molar-refractivity contribution in [2.75, 3.05) is 13.7 Å². The average molecular weight is 346 g/mol. The van der Waals surface area contributed by atoms with Gasteiger partial charge in [-0.3, -0.25) is 0 Å². The molecule has 0 bridgehead atoms. The van der Waals surface area contributed by atoms with Crippen molar-refractivity contribution < 1.29 is 14.3 Å². The molecular formula is C13H15IO3. The van der Waals surface area contributed by atoms with Crippen LogP contribution in [0, 0.1) is 0 Å². The van der Waals surface area contributed by atoms with Crippen LogP contribution in [0.5, 0.6) is 5.75 Å². The van der Waals surface area contributed by atoms with Crippen molar-refractivity contribution in [1.29, 1.82) is 0 Å². The van der Waals surface area contributed by atoms with Crippen LogP contribution in [0.25, 0.3) is 0 Å². The molecule has 0 N–H and O–H groups in total. The number of hydrogen-bond donors (Lipinski definition) is 0. The topological polar surface area (TPSA) is 35.5 Å². The second kappa shape index (κ2) is 4.48. The van der Waals surface area contributed by atoms with Crippen LogP contribution in [-0.2, 0) is 14.6 Å². The van der Waals surface area contributed by atoms with E-state index >= 15 is 0 Å². The van der Waals surface area contributed by atoms with Gasteiger partial charge >= 0.3 is 5.97 Å². The van der Waals surface area contributed by atoms with Crippen molar-refractivity contribution in [2.45, 2.75) is 23.7 Å². The van der Waals surface area contributed by atoms with Crippen molar-refractivity contribution in [3.05, 3.63) is 28.8 Å². The summed E-state index contributed by atoms with van der Waals surface area (Å²) in [5, 5.41) is 0. The van der Waals surface area contributed by atoms with Crippen LogP contribution in [0.1, 0.15) is 35.3 Å². The molecular weight excluding hydrogens is 331 g/mol. The molecule has 0 aliphatic carbocycles. The average Bonchev–Trinajstić information content (AvgIpc) is 2.63. The first-order chi connectivity index (χ1) is 7.99. The normalized spacial score (nSPS) is 16.2. The van der Waals surface area contributed by atoms with E-state index in [4.69, 9.17) is 9.47 Å². The zero-order chi connectivity index (χ0) is 12.6. The van der Waals surface area contributed by atoms with Gasteiger partial charge in [0.05, 0.1) is 13.7 Å². The molecule has 0 atom stereocenters. The Morgan fingerprint density at radius 3 is 2.82 bits per heavy atom. The molecule has 1 aliphatic heterocycles. The van der Waals surface area contributed by atoms with Crippen molar-refractivity contribution in [1.82, 2.24) is 0 Å². The zero-order valence-electron chi connectivity index (χ0n) is 10.2. The van der Waals surface area contributed by atoms with E-state index in [1.165, 1.54) is 7.11 Å². The molecule has 0 radical (unpaired) electrons. The number of esters is 1. The predicted octanol–water partition coefficient (Wildman–Crippen LogP) is 3.08. The molecule has 0 spiro atoms. The Morgan fingerprint density at radius 2 is 2.24 bits per heavy atom. The third kappa shape index (κ3) is 2.14. The van der Waals surface area contributed by atoms with Crippen LogP contribution in [0.15, 0.2) is 12.1 Å². The van der Waals surface area contributed by atoms with E-state index in [1.807, 2.05) is 6.07 Å². The lowest BCUT2D eigenvalue weighted by atomic mass is 9.85. The fraction of sp³-hybridized carbons (Fsp3) is 0.462. The van der Waals surface area contributed by atoms with E-state index in [1.54, 1.807) is 0 Å². The summed E-state index contributed by atoms with van der Waals surface area (Å²) in [7, 11) is 1.39. The van der Waals surface area contributed by atoms with E-state index in [-0.39, 0.29) is 11.4 Å². The molecule has 0 amide bonds. The fourth-order valence-electron chi connectivity index (χ4n) is 2.02. The molecule has 17 heavy (non-hydrogen) atoms. The van der Waals surface area contributed by atoms with Gasteiger partial charge in [0.15, 0.2) is 0 Å². The van der Waals surface area contributed by atoms with Gasteiger partial charge in [0.25, 0.3) is 0 Å². The van der Waals surface area contributed by atoms with Crippen molar-refractivity contribution >= 4 is 28.6 Å². The molecule has 1 aliphatic rings. The van der Waals surface area contributed by atoms with Gasteiger partial charge in [0.1, 0.15) is 11.3 Å². The first-order valence-corrected chi connectivity index (χ1v) is 6.96. The zero-order valence-corrected chi connectivity index (χ0v) is 12.3. The molecule has 92 valence electrons. The first-order valence-electron chi connectivity index (χ1n) is 5.44. The SMILES string of the molecule is COC(=O)c1cc(CI)cc2c1OCC2(C)C. The van der Waals surface area contributed by atoms with Gasteiger partial charge in [-0.15, -0.1) is 0 Å². The summed E-state index contributed by atoms with van der Waals surface area (Å²) < 4.78 is 11.3. The van der Waals surface area contributed by atoms with Crippen LogP contribution < -0.4 is 4.74 Å². The van der Waals surface area contributed by atoms with E-state index < -0.39 is 0 Å². The highest BCUT2D eigenvalue weighted by atomic mass is 127. The van der Waals surface area contributed by atoms with E-state index in [0.29, 0.717) is 17.9 Å². The lowest BCUT2D eigenvalue weighted by Gasteiger charge is -2.16. The lowest BCUT2D eigenvalue weighted by molar-refractivity contribution is 0.0596. The molecule has 2 rings (SSSR count). The molecule has 0 fully saturated rings. The molecule has 1 heterocycles. The number of carbonyl (C=O) groups is 1. The number of alkyl halides is 1. The Labute approximate surface area is 115 Å². The quantitative estimate of drug-likeness (QED) is 0.469. The van der Waals surface area contributed by atoms with Gasteiger partial charge in [-0.1, -0.05) is 42.5 Å². The van der Waals surface area contributed by atoms with Crippen molar-refractivity contribution in [2.24, 2.45) is 0 Å². The number of hydrogen-bond acceptors (Lipinski definition) is 3. The van der Waals surface area contributed by atoms with E-state index in [0.717, 1.165) is 15.6 Å². The Balaban J connectivity index is 2.62. The van der Waals surface area contributed by atoms with Crippen molar-refractivity contribution in [3.63, 3.8) is 0 Å². The predicted molar refractivity (Wildman–Crippen MR) is 74.0 cm³/mol. The van der Waals surface area contributed by atoms with Crippen LogP contribution in [0.2, 0.25) is 0 Å². The third-order valence-corrected chi connectivity index (χ3v) is 3.90. The second-order valence-corrected chi connectivity index (χ2v) is 5.58. The Kier molecular flexibility index (Phi) is 3.34. The van der Waals surface area contributed by atoms with Gasteiger partial charge in [-0.2, -0.15) is 0 Å². The van der Waals surface area contributed by atoms with Crippen LogP contribution in [0.3, 0.4) is 0 Å². The number of benzene rings is 1. The van der Waals surface area contributed by atoms with E-state index in [9.17, 15) is 4.79 Å². The summed E-state index contributed by atoms with van der Waals surface area (Å²) in [6.45, 7) is 4.85. The van der Waals surface area contributed by atoms with Gasteiger partial charge in [0.2, 0.25) is 0 Å². The summed E-state index contributed by atoms with van der Waals surface area (Å²) in [4.78, 5) is 11.7. The number of methoxy groups -OCH3 is 1. The molecule has 1 aromatic carbocycles. The van der Waals surface area contributed by atoms with Crippen LogP contribution in [-0.4, -0.2) is 19.7 Å². The largest absolute Gasteiger partial charge is 0.491 e. The second-order valence-electron chi connectivity index (χ2n) is 4.82. The standard InChI is InChI=1S/C13H15IO3/c1-13(2)7-17-11-9(12(15)16-3)4-8(6-14)5-10(11)13/h4-5H,6-7H2,1-3H3. The summed E-state index contributed by atoms with van der Waals surface area (Å²) in [5.74, 6) is 0.362. The maximum atomic E-state index is 11.7. The highest BCUT2D eigenvalue weighted by molar-refractivity contribution is 14.1. The van der Waals surface area contributed by atoms with Gasteiger partial charge in [-0.05, 0) is 11.6 Å². The van der Waals surface area contributed by atoms with Crippen LogP contribution >= 0.6 is 22.6 Å². The molecule has 1 aromatic rings. The minimum atomic E-state index is -0.328. The summed E-state index contributed by atoms with van der Waals surface area (Å²) in [5.41, 5.74) is 2.73. The monoisotopic (exact) mass is 346 g/mol. The summed E-state index contributed by atoms with van der Waals surface area (Å²) >= 11 is 2.29. The van der Waals surface area contributed by atoms with Crippen LogP contribution in [0.4, 0.5) is 0 Å². The number of fused-ring (bicyclic) bond motifs is 1. The van der Waals surface area contributed by atoms with Crippen molar-refractivity contribution in [3.8, 4) is 5.75 Å². The molecule has 0 unspecified atom stereocenters. The number of rotatable bonds is 2. The Morgan fingerprint density at radius 1 is 1.53 bits per heavy atom. The first kappa shape index (κ1) is 12.7. The fourth-order valence-corrected chi connectivity index (χ4v) is 2.46. The lowest BCUT2D eigenvalue weighted by Crippen LogP contribution is -2.18. The Hall–Kier alpha value is -0.780. The minimum Gasteiger partial charge on any atom is -0.491 e. The summed E-state index contributed by atoms with van der Waals surface area (Å²) in [6.07, 6.45) is 0. The molecule has 3 nitrogen and oxygen atoms in total. The molecule has 0 saturated carbocycles.